The molecule has 0 bridgehead atoms. The lowest BCUT2D eigenvalue weighted by atomic mass is 10.1. The molecule has 0 aromatic heterocycles. The largest absolute Gasteiger partial charge is 0.274 e. The van der Waals surface area contributed by atoms with Crippen molar-refractivity contribution in [1.29, 1.82) is 0 Å². The number of benzene rings is 1. The normalized spacial score (nSPS) is 26.6. The van der Waals surface area contributed by atoms with Crippen molar-refractivity contribution in [1.82, 2.24) is 4.72 Å². The molecule has 1 aliphatic rings. The van der Waals surface area contributed by atoms with Gasteiger partial charge in [-0.3, -0.25) is 4.72 Å². The quantitative estimate of drug-likeness (QED) is 0.818. The van der Waals surface area contributed by atoms with Crippen molar-refractivity contribution in [2.24, 2.45) is 0 Å². The molecule has 0 amide bonds. The maximum atomic E-state index is 3.68. The Morgan fingerprint density at radius 2 is 1.88 bits per heavy atom. The molecular weight excluding hydrogens is 226 g/mol. The first-order valence-electron chi connectivity index (χ1n) is 6.30. The molecule has 1 atom stereocenters. The number of nitrogens with one attached hydrogen (secondary N) is 1. The topological polar surface area (TPSA) is 12.0 Å². The van der Waals surface area contributed by atoms with Crippen molar-refractivity contribution in [3.05, 3.63) is 52.8 Å². The highest BCUT2D eigenvalue weighted by atomic mass is 32.3. The molecule has 1 N–H and O–H groups in total. The number of allylic oxidation sites excluding steroid dienone is 2. The summed E-state index contributed by atoms with van der Waals surface area (Å²) in [5, 5.41) is 4.84. The molecule has 2 heteroatoms. The van der Waals surface area contributed by atoms with Gasteiger partial charge in [-0.25, -0.2) is 0 Å². The second kappa shape index (κ2) is 5.56. The molecule has 17 heavy (non-hydrogen) atoms. The highest BCUT2D eigenvalue weighted by molar-refractivity contribution is 8.37. The molecule has 1 aromatic carbocycles. The molecule has 1 heterocycles. The van der Waals surface area contributed by atoms with Crippen molar-refractivity contribution in [3.63, 3.8) is 0 Å². The van der Waals surface area contributed by atoms with Crippen LogP contribution in [0.2, 0.25) is 0 Å². The van der Waals surface area contributed by atoms with Crippen LogP contribution >= 0.6 is 10.2 Å². The summed E-state index contributed by atoms with van der Waals surface area (Å²) >= 11 is 0. The summed E-state index contributed by atoms with van der Waals surface area (Å²) in [5.74, 6) is 1.24. The van der Waals surface area contributed by atoms with Gasteiger partial charge in [0.25, 0.3) is 0 Å². The van der Waals surface area contributed by atoms with Crippen LogP contribution in [-0.2, 0) is 0 Å². The molecule has 2 rings (SSSR count). The second-order valence-electron chi connectivity index (χ2n) is 4.29. The molecular formula is C15H21NS. The van der Waals surface area contributed by atoms with Crippen LogP contribution in [0.15, 0.2) is 47.2 Å². The standard InChI is InChI=1S/C15H21NS/c1-3-11-17(16-4-2)12-10-15(13-17)14-8-6-5-7-9-14/h5-10,12-13,16H,3-4,11H2,1-2H3. The third kappa shape index (κ3) is 2.82. The van der Waals surface area contributed by atoms with Crippen LogP contribution in [-0.4, -0.2) is 12.3 Å². The third-order valence-corrected chi connectivity index (χ3v) is 6.10. The third-order valence-electron chi connectivity index (χ3n) is 2.89. The predicted molar refractivity (Wildman–Crippen MR) is 80.0 cm³/mol. The zero-order chi connectivity index (χ0) is 12.1. The fourth-order valence-electron chi connectivity index (χ4n) is 2.19. The van der Waals surface area contributed by atoms with Crippen molar-refractivity contribution in [2.75, 3.05) is 12.3 Å². The van der Waals surface area contributed by atoms with E-state index in [9.17, 15) is 0 Å². The van der Waals surface area contributed by atoms with Gasteiger partial charge in [0.05, 0.1) is 0 Å². The molecule has 0 saturated carbocycles. The maximum absolute atomic E-state index is 3.68. The zero-order valence-electron chi connectivity index (χ0n) is 10.6. The summed E-state index contributed by atoms with van der Waals surface area (Å²) in [6.07, 6.45) is 3.51. The minimum Gasteiger partial charge on any atom is -0.274 e. The Hall–Kier alpha value is -0.990. The SMILES string of the molecule is CCCS1(NCC)C=CC(c2ccccc2)=C1. The van der Waals surface area contributed by atoms with E-state index in [0.717, 1.165) is 6.54 Å². The van der Waals surface area contributed by atoms with E-state index in [2.05, 4.69) is 65.8 Å². The Kier molecular flexibility index (Phi) is 4.08. The Labute approximate surface area is 106 Å². The first-order chi connectivity index (χ1) is 8.29. The zero-order valence-corrected chi connectivity index (χ0v) is 11.5. The van der Waals surface area contributed by atoms with Gasteiger partial charge in [-0.15, -0.1) is 10.2 Å². The average Bonchev–Trinajstić information content (AvgIpc) is 2.76. The molecule has 92 valence electrons. The fourth-order valence-corrected chi connectivity index (χ4v) is 5.12. The summed E-state index contributed by atoms with van der Waals surface area (Å²) in [6, 6.07) is 10.6. The summed E-state index contributed by atoms with van der Waals surface area (Å²) < 4.78 is 3.68. The average molecular weight is 247 g/mol. The van der Waals surface area contributed by atoms with Crippen molar-refractivity contribution in [3.8, 4) is 0 Å². The smallest absolute Gasteiger partial charge is 0.00210 e. The Bertz CT molecular complexity index is 414. The van der Waals surface area contributed by atoms with E-state index < -0.39 is 10.2 Å². The van der Waals surface area contributed by atoms with Gasteiger partial charge in [0.1, 0.15) is 0 Å². The van der Waals surface area contributed by atoms with Gasteiger partial charge in [-0.1, -0.05) is 44.2 Å². The summed E-state index contributed by atoms with van der Waals surface area (Å²) in [7, 11) is -0.851. The summed E-state index contributed by atoms with van der Waals surface area (Å²) in [5.41, 5.74) is 2.70. The monoisotopic (exact) mass is 247 g/mol. The lowest BCUT2D eigenvalue weighted by Crippen LogP contribution is -2.18. The van der Waals surface area contributed by atoms with E-state index >= 15 is 0 Å². The van der Waals surface area contributed by atoms with Crippen LogP contribution in [0.5, 0.6) is 0 Å². The molecule has 0 saturated heterocycles. The minimum atomic E-state index is -0.851. The highest BCUT2D eigenvalue weighted by Crippen LogP contribution is 2.53. The van der Waals surface area contributed by atoms with Gasteiger partial charge in [0, 0.05) is 6.54 Å². The van der Waals surface area contributed by atoms with E-state index in [1.165, 1.54) is 23.3 Å². The van der Waals surface area contributed by atoms with Gasteiger partial charge in [-0.05, 0) is 40.2 Å². The lowest BCUT2D eigenvalue weighted by molar-refractivity contribution is 1.00. The number of hydrogen-bond donors (Lipinski definition) is 1. The van der Waals surface area contributed by atoms with Crippen molar-refractivity contribution in [2.45, 2.75) is 20.3 Å². The summed E-state index contributed by atoms with van der Waals surface area (Å²) in [6.45, 7) is 5.49. The van der Waals surface area contributed by atoms with Crippen LogP contribution in [0, 0.1) is 0 Å². The molecule has 1 aliphatic heterocycles. The fraction of sp³-hybridized carbons (Fsp3) is 0.333. The van der Waals surface area contributed by atoms with Gasteiger partial charge >= 0.3 is 0 Å². The van der Waals surface area contributed by atoms with Crippen molar-refractivity contribution < 1.29 is 0 Å². The Morgan fingerprint density at radius 1 is 1.12 bits per heavy atom. The number of rotatable bonds is 5. The predicted octanol–water partition coefficient (Wildman–Crippen LogP) is 4.29. The van der Waals surface area contributed by atoms with E-state index in [1.807, 2.05) is 0 Å². The first-order valence-corrected chi connectivity index (χ1v) is 8.23. The molecule has 0 radical (unpaired) electrons. The van der Waals surface area contributed by atoms with E-state index in [0.29, 0.717) is 0 Å². The van der Waals surface area contributed by atoms with Gasteiger partial charge in [0.2, 0.25) is 0 Å². The number of hydrogen-bond acceptors (Lipinski definition) is 1. The van der Waals surface area contributed by atoms with Gasteiger partial charge in [-0.2, -0.15) is 0 Å². The summed E-state index contributed by atoms with van der Waals surface area (Å²) in [4.78, 5) is 0. The van der Waals surface area contributed by atoms with Gasteiger partial charge < -0.3 is 0 Å². The van der Waals surface area contributed by atoms with Crippen LogP contribution in [0.25, 0.3) is 5.57 Å². The van der Waals surface area contributed by atoms with E-state index in [1.54, 1.807) is 0 Å². The van der Waals surface area contributed by atoms with Gasteiger partial charge in [0.15, 0.2) is 0 Å². The lowest BCUT2D eigenvalue weighted by Gasteiger charge is -2.32. The molecule has 0 aliphatic carbocycles. The van der Waals surface area contributed by atoms with Crippen LogP contribution < -0.4 is 4.72 Å². The van der Waals surface area contributed by atoms with Crippen molar-refractivity contribution >= 4 is 15.8 Å². The first kappa shape index (κ1) is 12.5. The maximum Gasteiger partial charge on any atom is 0.00210 e. The Balaban J connectivity index is 2.25. The van der Waals surface area contributed by atoms with Crippen LogP contribution in [0.1, 0.15) is 25.8 Å². The van der Waals surface area contributed by atoms with E-state index in [-0.39, 0.29) is 0 Å². The Morgan fingerprint density at radius 3 is 2.53 bits per heavy atom. The van der Waals surface area contributed by atoms with Crippen LogP contribution in [0.4, 0.5) is 0 Å². The highest BCUT2D eigenvalue weighted by Gasteiger charge is 2.21. The molecule has 1 aromatic rings. The minimum absolute atomic E-state index is 0.851. The van der Waals surface area contributed by atoms with Crippen LogP contribution in [0.3, 0.4) is 0 Å². The molecule has 1 unspecified atom stereocenters. The second-order valence-corrected chi connectivity index (χ2v) is 7.20. The van der Waals surface area contributed by atoms with E-state index in [4.69, 9.17) is 0 Å². The molecule has 1 nitrogen and oxygen atoms in total. The molecule has 0 fully saturated rings. The molecule has 0 spiro atoms.